The Morgan fingerprint density at radius 3 is 2.73 bits per heavy atom. The predicted molar refractivity (Wildman–Crippen MR) is 93.6 cm³/mol. The predicted octanol–water partition coefficient (Wildman–Crippen LogP) is 5.73. The standard InChI is InChI=1S/C20H20ClN/c1-2-13-6-11-19-18(12-13)16-4-3-5-17(16)20(22-19)14-7-9-15(21)10-8-14/h3-4,6-12,16-17,20,22H,2,5H2,1H3/t16-,17+,20+/m1/s1. The Hall–Kier alpha value is -1.73. The van der Waals surface area contributed by atoms with Gasteiger partial charge in [-0.05, 0) is 53.6 Å². The Bertz CT molecular complexity index is 717. The van der Waals surface area contributed by atoms with Crippen LogP contribution in [0.1, 0.15) is 42.0 Å². The molecule has 0 aromatic heterocycles. The molecule has 4 rings (SSSR count). The SMILES string of the molecule is CCc1ccc2c(c1)[C@@H]1C=CC[C@@H]1[C@H](c1ccc(Cl)cc1)N2. The highest BCUT2D eigenvalue weighted by molar-refractivity contribution is 6.30. The van der Waals surface area contributed by atoms with E-state index in [-0.39, 0.29) is 0 Å². The Morgan fingerprint density at radius 1 is 1.14 bits per heavy atom. The van der Waals surface area contributed by atoms with Gasteiger partial charge in [-0.2, -0.15) is 0 Å². The van der Waals surface area contributed by atoms with E-state index in [1.54, 1.807) is 0 Å². The number of rotatable bonds is 2. The zero-order valence-electron chi connectivity index (χ0n) is 12.7. The van der Waals surface area contributed by atoms with E-state index in [4.69, 9.17) is 11.6 Å². The van der Waals surface area contributed by atoms with Crippen LogP contribution in [-0.4, -0.2) is 0 Å². The van der Waals surface area contributed by atoms with E-state index in [9.17, 15) is 0 Å². The summed E-state index contributed by atoms with van der Waals surface area (Å²) in [7, 11) is 0. The van der Waals surface area contributed by atoms with Gasteiger partial charge in [0, 0.05) is 16.6 Å². The van der Waals surface area contributed by atoms with Crippen molar-refractivity contribution in [3.63, 3.8) is 0 Å². The number of hydrogen-bond acceptors (Lipinski definition) is 1. The first-order chi connectivity index (χ1) is 10.8. The van der Waals surface area contributed by atoms with Gasteiger partial charge in [-0.3, -0.25) is 0 Å². The Balaban J connectivity index is 1.76. The van der Waals surface area contributed by atoms with E-state index in [2.05, 4.69) is 54.7 Å². The summed E-state index contributed by atoms with van der Waals surface area (Å²) in [5, 5.41) is 4.57. The molecule has 2 aromatic rings. The van der Waals surface area contributed by atoms with Crippen molar-refractivity contribution in [2.24, 2.45) is 5.92 Å². The first-order valence-electron chi connectivity index (χ1n) is 8.07. The average Bonchev–Trinajstić information content (AvgIpc) is 3.04. The van der Waals surface area contributed by atoms with Crippen LogP contribution in [-0.2, 0) is 6.42 Å². The first kappa shape index (κ1) is 13.9. The first-order valence-corrected chi connectivity index (χ1v) is 8.45. The summed E-state index contributed by atoms with van der Waals surface area (Å²) >= 11 is 6.04. The number of nitrogens with one attached hydrogen (secondary N) is 1. The normalized spacial score (nSPS) is 25.5. The van der Waals surface area contributed by atoms with Crippen molar-refractivity contribution in [1.82, 2.24) is 0 Å². The number of anilines is 1. The number of hydrogen-bond donors (Lipinski definition) is 1. The van der Waals surface area contributed by atoms with Crippen LogP contribution in [0.2, 0.25) is 5.02 Å². The minimum absolute atomic E-state index is 0.359. The van der Waals surface area contributed by atoms with Gasteiger partial charge in [0.05, 0.1) is 6.04 Å². The van der Waals surface area contributed by atoms with Gasteiger partial charge in [0.25, 0.3) is 0 Å². The van der Waals surface area contributed by atoms with Crippen LogP contribution in [0.5, 0.6) is 0 Å². The van der Waals surface area contributed by atoms with E-state index >= 15 is 0 Å². The topological polar surface area (TPSA) is 12.0 Å². The van der Waals surface area contributed by atoms with Gasteiger partial charge in [-0.25, -0.2) is 0 Å². The van der Waals surface area contributed by atoms with Crippen molar-refractivity contribution in [2.45, 2.75) is 31.7 Å². The van der Waals surface area contributed by atoms with Crippen LogP contribution in [0.15, 0.2) is 54.6 Å². The summed E-state index contributed by atoms with van der Waals surface area (Å²) in [5.41, 5.74) is 5.49. The van der Waals surface area contributed by atoms with E-state index in [1.165, 1.54) is 22.4 Å². The number of benzene rings is 2. The molecule has 0 saturated heterocycles. The van der Waals surface area contributed by atoms with Crippen molar-refractivity contribution >= 4 is 17.3 Å². The molecule has 0 saturated carbocycles. The summed E-state index contributed by atoms with van der Waals surface area (Å²) in [6.45, 7) is 2.22. The molecular weight excluding hydrogens is 290 g/mol. The van der Waals surface area contributed by atoms with Crippen LogP contribution < -0.4 is 5.32 Å². The molecule has 0 bridgehead atoms. The van der Waals surface area contributed by atoms with Gasteiger partial charge in [-0.1, -0.05) is 54.9 Å². The summed E-state index contributed by atoms with van der Waals surface area (Å²) in [5.74, 6) is 1.13. The van der Waals surface area contributed by atoms with E-state index < -0.39 is 0 Å². The van der Waals surface area contributed by atoms with E-state index in [0.29, 0.717) is 17.9 Å². The molecule has 2 aliphatic rings. The molecular formula is C20H20ClN. The fraction of sp³-hybridized carbons (Fsp3) is 0.300. The maximum absolute atomic E-state index is 6.04. The highest BCUT2D eigenvalue weighted by Crippen LogP contribution is 2.49. The molecule has 2 aromatic carbocycles. The van der Waals surface area contributed by atoms with Crippen LogP contribution in [0.4, 0.5) is 5.69 Å². The third kappa shape index (κ3) is 2.24. The molecule has 1 N–H and O–H groups in total. The number of aryl methyl sites for hydroxylation is 1. The van der Waals surface area contributed by atoms with Crippen LogP contribution in [0, 0.1) is 5.92 Å². The lowest BCUT2D eigenvalue weighted by atomic mass is 9.76. The number of fused-ring (bicyclic) bond motifs is 3. The second-order valence-electron chi connectivity index (χ2n) is 6.30. The van der Waals surface area contributed by atoms with Gasteiger partial charge < -0.3 is 5.32 Å². The minimum Gasteiger partial charge on any atom is -0.378 e. The molecule has 112 valence electrons. The lowest BCUT2D eigenvalue weighted by Gasteiger charge is -2.37. The van der Waals surface area contributed by atoms with E-state index in [1.807, 2.05) is 12.1 Å². The maximum Gasteiger partial charge on any atom is 0.0553 e. The highest BCUT2D eigenvalue weighted by atomic mass is 35.5. The second-order valence-corrected chi connectivity index (χ2v) is 6.74. The molecule has 2 heteroatoms. The molecule has 1 aliphatic carbocycles. The monoisotopic (exact) mass is 309 g/mol. The smallest absolute Gasteiger partial charge is 0.0553 e. The van der Waals surface area contributed by atoms with Gasteiger partial charge in [0.1, 0.15) is 0 Å². The largest absolute Gasteiger partial charge is 0.378 e. The molecule has 0 unspecified atom stereocenters. The number of halogens is 1. The van der Waals surface area contributed by atoms with Crippen molar-refractivity contribution in [3.8, 4) is 0 Å². The van der Waals surface area contributed by atoms with Crippen molar-refractivity contribution in [2.75, 3.05) is 5.32 Å². The molecule has 1 aliphatic heterocycles. The lowest BCUT2D eigenvalue weighted by Crippen LogP contribution is -2.29. The van der Waals surface area contributed by atoms with Gasteiger partial charge in [-0.15, -0.1) is 0 Å². The molecule has 0 amide bonds. The van der Waals surface area contributed by atoms with Gasteiger partial charge >= 0.3 is 0 Å². The highest BCUT2D eigenvalue weighted by Gasteiger charge is 2.37. The van der Waals surface area contributed by atoms with Crippen LogP contribution in [0.3, 0.4) is 0 Å². The number of allylic oxidation sites excluding steroid dienone is 2. The van der Waals surface area contributed by atoms with Gasteiger partial charge in [0.2, 0.25) is 0 Å². The second kappa shape index (κ2) is 5.48. The third-order valence-electron chi connectivity index (χ3n) is 5.06. The summed E-state index contributed by atoms with van der Waals surface area (Å²) in [6, 6.07) is 15.5. The average molecular weight is 310 g/mol. The summed E-state index contributed by atoms with van der Waals surface area (Å²) < 4.78 is 0. The Morgan fingerprint density at radius 2 is 1.95 bits per heavy atom. The van der Waals surface area contributed by atoms with Crippen LogP contribution in [0.25, 0.3) is 0 Å². The van der Waals surface area contributed by atoms with E-state index in [0.717, 1.165) is 17.9 Å². The fourth-order valence-electron chi connectivity index (χ4n) is 3.86. The zero-order valence-corrected chi connectivity index (χ0v) is 13.5. The van der Waals surface area contributed by atoms with Crippen molar-refractivity contribution in [1.29, 1.82) is 0 Å². The molecule has 1 nitrogen and oxygen atoms in total. The van der Waals surface area contributed by atoms with Crippen LogP contribution >= 0.6 is 11.6 Å². The molecule has 0 fully saturated rings. The third-order valence-corrected chi connectivity index (χ3v) is 5.32. The fourth-order valence-corrected chi connectivity index (χ4v) is 3.99. The van der Waals surface area contributed by atoms with Crippen molar-refractivity contribution < 1.29 is 0 Å². The molecule has 3 atom stereocenters. The molecule has 0 spiro atoms. The maximum atomic E-state index is 6.04. The van der Waals surface area contributed by atoms with Crippen molar-refractivity contribution in [3.05, 3.63) is 76.3 Å². The summed E-state index contributed by atoms with van der Waals surface area (Å²) in [4.78, 5) is 0. The Kier molecular flexibility index (Phi) is 3.46. The minimum atomic E-state index is 0.359. The molecule has 22 heavy (non-hydrogen) atoms. The summed E-state index contributed by atoms with van der Waals surface area (Å²) in [6.07, 6.45) is 6.97. The molecule has 0 radical (unpaired) electrons. The van der Waals surface area contributed by atoms with Gasteiger partial charge in [0.15, 0.2) is 0 Å². The lowest BCUT2D eigenvalue weighted by molar-refractivity contribution is 0.425. The Labute approximate surface area is 137 Å². The quantitative estimate of drug-likeness (QED) is 0.699. The zero-order chi connectivity index (χ0) is 15.1. The molecule has 1 heterocycles.